The monoisotopic (exact) mass is 302 g/mol. The Labute approximate surface area is 120 Å². The van der Waals surface area contributed by atoms with Gasteiger partial charge in [0, 0.05) is 13.1 Å². The molecule has 110 valence electrons. The molecule has 0 aliphatic carbocycles. The van der Waals surface area contributed by atoms with Gasteiger partial charge in [0.25, 0.3) is 5.91 Å². The van der Waals surface area contributed by atoms with Crippen molar-refractivity contribution >= 4 is 23.4 Å². The minimum atomic E-state index is -0.679. The Balaban J connectivity index is 2.16. The van der Waals surface area contributed by atoms with E-state index in [-0.39, 0.29) is 17.7 Å². The Kier molecular flexibility index (Phi) is 4.01. The van der Waals surface area contributed by atoms with E-state index < -0.39 is 22.3 Å². The first kappa shape index (κ1) is 14.8. The molecule has 1 aliphatic heterocycles. The number of morpholine rings is 1. The van der Waals surface area contributed by atoms with Crippen molar-refractivity contribution in [2.45, 2.75) is 25.6 Å². The van der Waals surface area contributed by atoms with E-state index in [2.05, 4.69) is 0 Å². The second-order valence-electron chi connectivity index (χ2n) is 5.23. The van der Waals surface area contributed by atoms with Gasteiger partial charge < -0.3 is 14.1 Å². The fourth-order valence-electron chi connectivity index (χ4n) is 2.23. The smallest absolute Gasteiger partial charge is 0.395 e. The number of hydrogen-bond donors (Lipinski definition) is 0. The average Bonchev–Trinajstić information content (AvgIpc) is 2.85. The van der Waals surface area contributed by atoms with Crippen molar-refractivity contribution in [1.82, 2.24) is 4.90 Å². The van der Waals surface area contributed by atoms with Gasteiger partial charge in [0.1, 0.15) is 4.92 Å². The summed E-state index contributed by atoms with van der Waals surface area (Å²) in [5.41, 5.74) is -0.522. The fraction of sp³-hybridized carbons (Fsp3) is 0.583. The van der Waals surface area contributed by atoms with Crippen LogP contribution in [0.15, 0.2) is 16.5 Å². The largest absolute Gasteiger partial charge is 0.433 e. The van der Waals surface area contributed by atoms with Gasteiger partial charge in [-0.15, -0.1) is 11.6 Å². The van der Waals surface area contributed by atoms with E-state index in [0.717, 1.165) is 6.07 Å². The van der Waals surface area contributed by atoms with Gasteiger partial charge in [-0.3, -0.25) is 14.9 Å². The van der Waals surface area contributed by atoms with Crippen molar-refractivity contribution in [1.29, 1.82) is 0 Å². The molecule has 8 heteroatoms. The summed E-state index contributed by atoms with van der Waals surface area (Å²) in [5.74, 6) is -0.631. The zero-order chi connectivity index (χ0) is 14.9. The Morgan fingerprint density at radius 1 is 1.60 bits per heavy atom. The van der Waals surface area contributed by atoms with E-state index in [1.54, 1.807) is 4.90 Å². The predicted octanol–water partition coefficient (Wildman–Crippen LogP) is 2.05. The van der Waals surface area contributed by atoms with Crippen LogP contribution in [0.3, 0.4) is 0 Å². The van der Waals surface area contributed by atoms with Crippen LogP contribution in [0.25, 0.3) is 0 Å². The molecule has 0 saturated carbocycles. The molecule has 1 unspecified atom stereocenters. The summed E-state index contributed by atoms with van der Waals surface area (Å²) in [6, 6.07) is 2.47. The van der Waals surface area contributed by atoms with Crippen molar-refractivity contribution in [3.8, 4) is 0 Å². The number of nitro groups is 1. The molecule has 20 heavy (non-hydrogen) atoms. The number of hydrogen-bond acceptors (Lipinski definition) is 5. The molecule has 1 fully saturated rings. The van der Waals surface area contributed by atoms with Crippen LogP contribution < -0.4 is 0 Å². The van der Waals surface area contributed by atoms with Crippen LogP contribution in [0.5, 0.6) is 0 Å². The van der Waals surface area contributed by atoms with Crippen LogP contribution in [0.4, 0.5) is 5.88 Å². The third-order valence-electron chi connectivity index (χ3n) is 2.92. The van der Waals surface area contributed by atoms with E-state index in [1.165, 1.54) is 6.07 Å². The van der Waals surface area contributed by atoms with Crippen LogP contribution in [-0.4, -0.2) is 46.4 Å². The van der Waals surface area contributed by atoms with Gasteiger partial charge in [0.05, 0.1) is 23.7 Å². The molecule has 1 atom stereocenters. The molecule has 0 bridgehead atoms. The van der Waals surface area contributed by atoms with Gasteiger partial charge in [-0.2, -0.15) is 0 Å². The highest BCUT2D eigenvalue weighted by molar-refractivity contribution is 6.18. The molecule has 0 aromatic carbocycles. The zero-order valence-electron chi connectivity index (χ0n) is 11.2. The molecule has 7 nitrogen and oxygen atoms in total. The molecule has 0 spiro atoms. The Bertz CT molecular complexity index is 528. The highest BCUT2D eigenvalue weighted by atomic mass is 35.5. The molecule has 2 heterocycles. The molecule has 0 N–H and O–H groups in total. The predicted molar refractivity (Wildman–Crippen MR) is 70.9 cm³/mol. The molecule has 0 radical (unpaired) electrons. The first-order valence-corrected chi connectivity index (χ1v) is 6.63. The summed E-state index contributed by atoms with van der Waals surface area (Å²) in [5, 5.41) is 10.6. The normalized spacial score (nSPS) is 21.8. The number of carbonyl (C=O) groups excluding carboxylic acids is 1. The molecule has 1 aromatic rings. The number of halogens is 1. The quantitative estimate of drug-likeness (QED) is 0.484. The standard InChI is InChI=1S/C12H15ClN2O5/c1-12(2)7-14(6-8(5-13)20-12)11(16)9-3-4-10(19-9)15(17)18/h3-4,8H,5-7H2,1-2H3. The van der Waals surface area contributed by atoms with Crippen LogP contribution in [0.2, 0.25) is 0 Å². The second kappa shape index (κ2) is 5.41. The van der Waals surface area contributed by atoms with Crippen LogP contribution in [0, 0.1) is 10.1 Å². The number of carbonyl (C=O) groups is 1. The minimum absolute atomic E-state index is 0.0530. The maximum absolute atomic E-state index is 12.3. The van der Waals surface area contributed by atoms with E-state index in [4.69, 9.17) is 20.8 Å². The summed E-state index contributed by atoms with van der Waals surface area (Å²) in [4.78, 5) is 23.7. The number of alkyl halides is 1. The van der Waals surface area contributed by atoms with Crippen molar-refractivity contribution < 1.29 is 18.9 Å². The first-order valence-electron chi connectivity index (χ1n) is 6.10. The third-order valence-corrected chi connectivity index (χ3v) is 3.27. The number of nitrogens with zero attached hydrogens (tertiary/aromatic N) is 2. The Hall–Kier alpha value is -1.60. The van der Waals surface area contributed by atoms with Crippen molar-refractivity contribution in [3.05, 3.63) is 28.0 Å². The summed E-state index contributed by atoms with van der Waals surface area (Å²) in [6.45, 7) is 4.42. The number of furan rings is 1. The fourth-order valence-corrected chi connectivity index (χ4v) is 2.39. The lowest BCUT2D eigenvalue weighted by molar-refractivity contribution is -0.402. The Morgan fingerprint density at radius 2 is 2.30 bits per heavy atom. The minimum Gasteiger partial charge on any atom is -0.395 e. The maximum atomic E-state index is 12.3. The lowest BCUT2D eigenvalue weighted by Gasteiger charge is -2.41. The molecule has 1 aliphatic rings. The van der Waals surface area contributed by atoms with Crippen LogP contribution >= 0.6 is 11.6 Å². The van der Waals surface area contributed by atoms with Gasteiger partial charge in [0.15, 0.2) is 5.76 Å². The van der Waals surface area contributed by atoms with Gasteiger partial charge in [-0.05, 0) is 19.9 Å². The lowest BCUT2D eigenvalue weighted by atomic mass is 10.1. The molecule has 1 aromatic heterocycles. The van der Waals surface area contributed by atoms with Crippen LogP contribution in [0.1, 0.15) is 24.4 Å². The van der Waals surface area contributed by atoms with Crippen LogP contribution in [-0.2, 0) is 4.74 Å². The van der Waals surface area contributed by atoms with E-state index in [0.29, 0.717) is 13.1 Å². The highest BCUT2D eigenvalue weighted by Gasteiger charge is 2.36. The first-order chi connectivity index (χ1) is 9.32. The lowest BCUT2D eigenvalue weighted by Crippen LogP contribution is -2.55. The molecular formula is C12H15ClN2O5. The number of rotatable bonds is 3. The molecule has 1 amide bonds. The van der Waals surface area contributed by atoms with Crippen molar-refractivity contribution in [2.75, 3.05) is 19.0 Å². The van der Waals surface area contributed by atoms with E-state index in [9.17, 15) is 14.9 Å². The average molecular weight is 303 g/mol. The van der Waals surface area contributed by atoms with Gasteiger partial charge in [-0.25, -0.2) is 0 Å². The Morgan fingerprint density at radius 3 is 2.85 bits per heavy atom. The molecule has 2 rings (SSSR count). The van der Waals surface area contributed by atoms with E-state index >= 15 is 0 Å². The molecular weight excluding hydrogens is 288 g/mol. The SMILES string of the molecule is CC1(C)CN(C(=O)c2ccc([N+](=O)[O-])o2)CC(CCl)O1. The van der Waals surface area contributed by atoms with Gasteiger partial charge in [-0.1, -0.05) is 0 Å². The highest BCUT2D eigenvalue weighted by Crippen LogP contribution is 2.24. The van der Waals surface area contributed by atoms with Gasteiger partial charge in [0.2, 0.25) is 0 Å². The zero-order valence-corrected chi connectivity index (χ0v) is 11.9. The summed E-state index contributed by atoms with van der Waals surface area (Å²) in [6.07, 6.45) is -0.269. The summed E-state index contributed by atoms with van der Waals surface area (Å²) < 4.78 is 10.7. The van der Waals surface area contributed by atoms with Crippen molar-refractivity contribution in [3.63, 3.8) is 0 Å². The summed E-state index contributed by atoms with van der Waals surface area (Å²) in [7, 11) is 0. The third kappa shape index (κ3) is 3.10. The second-order valence-corrected chi connectivity index (χ2v) is 5.54. The molecule has 1 saturated heterocycles. The maximum Gasteiger partial charge on any atom is 0.433 e. The van der Waals surface area contributed by atoms with Gasteiger partial charge >= 0.3 is 5.88 Å². The summed E-state index contributed by atoms with van der Waals surface area (Å²) >= 11 is 5.79. The number of ether oxygens (including phenoxy) is 1. The van der Waals surface area contributed by atoms with Crippen molar-refractivity contribution in [2.24, 2.45) is 0 Å². The number of amides is 1. The topological polar surface area (TPSA) is 85.8 Å². The van der Waals surface area contributed by atoms with E-state index in [1.807, 2.05) is 13.8 Å².